The molecule has 1 aliphatic heterocycles. The third-order valence-electron chi connectivity index (χ3n) is 5.85. The summed E-state index contributed by atoms with van der Waals surface area (Å²) in [6.07, 6.45) is 1.86. The number of methoxy groups -OCH3 is 1. The predicted molar refractivity (Wildman–Crippen MR) is 141 cm³/mol. The number of carbonyl (C=O) groups is 1. The van der Waals surface area contributed by atoms with Crippen LogP contribution >= 0.6 is 20.1 Å². The quantitative estimate of drug-likeness (QED) is 0.249. The molecule has 3 heterocycles. The maximum Gasteiger partial charge on any atom is 0.325 e. The minimum atomic E-state index is -1.74. The average molecular weight is 552 g/mol. The third kappa shape index (κ3) is 6.22. The highest BCUT2D eigenvalue weighted by Crippen LogP contribution is 2.41. The van der Waals surface area contributed by atoms with Gasteiger partial charge in [-0.2, -0.15) is 9.97 Å². The Hall–Kier alpha value is -2.76. The first-order valence-corrected chi connectivity index (χ1v) is 13.2. The minimum absolute atomic E-state index is 0.142. The summed E-state index contributed by atoms with van der Waals surface area (Å²) in [6.45, 7) is 5.72. The van der Waals surface area contributed by atoms with E-state index in [1.807, 2.05) is 4.57 Å². The topological polar surface area (TPSA) is 148 Å². The Bertz CT molecular complexity index is 1240. The van der Waals surface area contributed by atoms with Gasteiger partial charge in [0.25, 0.3) is 0 Å². The fourth-order valence-electron chi connectivity index (χ4n) is 4.01. The molecule has 0 bridgehead atoms. The number of benzene rings is 1. The second-order valence-corrected chi connectivity index (χ2v) is 10.8. The summed E-state index contributed by atoms with van der Waals surface area (Å²) in [6, 6.07) is 6.89. The Morgan fingerprint density at radius 3 is 2.73 bits per heavy atom. The molecule has 1 aromatic carbocycles. The largest absolute Gasteiger partial charge is 0.468 e. The molecular formula is C23H31ClN7O5P. The van der Waals surface area contributed by atoms with Crippen LogP contribution in [0.15, 0.2) is 30.6 Å². The van der Waals surface area contributed by atoms with E-state index in [0.717, 1.165) is 6.42 Å². The maximum absolute atomic E-state index is 12.3. The second kappa shape index (κ2) is 11.3. The Morgan fingerprint density at radius 2 is 2.05 bits per heavy atom. The van der Waals surface area contributed by atoms with Gasteiger partial charge < -0.3 is 29.6 Å². The van der Waals surface area contributed by atoms with Crippen LogP contribution < -0.4 is 20.7 Å². The number of ether oxygens (including phenoxy) is 2. The standard InChI is InChI=1S/C23H31ClN7O5P/c1-13-10-16(35-20(13)31-12-27-17-18(26-4)28-22(25)29-19(17)31)11-34-37(30-23(2,3)21(32)33-5)36-15-8-6-14(24)7-9-15/h6-9,12-13,16,20,30H,10-11H2,1-5H3,(H3,25,26,28,29). The molecule has 1 fully saturated rings. The Kier molecular flexibility index (Phi) is 8.35. The van der Waals surface area contributed by atoms with Crippen molar-refractivity contribution >= 4 is 49.0 Å². The van der Waals surface area contributed by atoms with Crippen molar-refractivity contribution in [1.82, 2.24) is 24.6 Å². The molecule has 0 aliphatic carbocycles. The van der Waals surface area contributed by atoms with Crippen molar-refractivity contribution in [2.24, 2.45) is 5.92 Å². The number of esters is 1. The van der Waals surface area contributed by atoms with E-state index in [0.29, 0.717) is 27.8 Å². The molecule has 0 spiro atoms. The molecule has 14 heteroatoms. The van der Waals surface area contributed by atoms with Crippen LogP contribution in [0.2, 0.25) is 5.02 Å². The van der Waals surface area contributed by atoms with Gasteiger partial charge in [0, 0.05) is 18.0 Å². The van der Waals surface area contributed by atoms with Gasteiger partial charge in [0.2, 0.25) is 5.95 Å². The molecule has 1 saturated heterocycles. The van der Waals surface area contributed by atoms with Crippen molar-refractivity contribution in [3.63, 3.8) is 0 Å². The molecule has 4 atom stereocenters. The Morgan fingerprint density at radius 1 is 1.32 bits per heavy atom. The zero-order chi connectivity index (χ0) is 26.7. The summed E-state index contributed by atoms with van der Waals surface area (Å²) in [5.74, 6) is 0.945. The van der Waals surface area contributed by atoms with E-state index in [4.69, 9.17) is 35.9 Å². The molecular weight excluding hydrogens is 521 g/mol. The van der Waals surface area contributed by atoms with E-state index in [1.54, 1.807) is 51.5 Å². The lowest BCUT2D eigenvalue weighted by atomic mass is 10.1. The van der Waals surface area contributed by atoms with Gasteiger partial charge in [0.05, 0.1) is 26.1 Å². The van der Waals surface area contributed by atoms with E-state index in [9.17, 15) is 4.79 Å². The molecule has 3 aromatic rings. The molecule has 4 N–H and O–H groups in total. The Labute approximate surface area is 221 Å². The molecule has 37 heavy (non-hydrogen) atoms. The fourth-order valence-corrected chi connectivity index (χ4v) is 5.46. The molecule has 4 rings (SSSR count). The molecule has 4 unspecified atom stereocenters. The van der Waals surface area contributed by atoms with Crippen molar-refractivity contribution in [3.05, 3.63) is 35.6 Å². The van der Waals surface area contributed by atoms with Gasteiger partial charge in [-0.1, -0.05) is 18.5 Å². The highest BCUT2D eigenvalue weighted by Gasteiger charge is 2.38. The van der Waals surface area contributed by atoms with E-state index in [1.165, 1.54) is 7.11 Å². The smallest absolute Gasteiger partial charge is 0.325 e. The van der Waals surface area contributed by atoms with Crippen LogP contribution in [0.5, 0.6) is 5.75 Å². The second-order valence-electron chi connectivity index (χ2n) is 9.19. The first-order chi connectivity index (χ1) is 17.6. The first kappa shape index (κ1) is 27.3. The number of nitrogens with one attached hydrogen (secondary N) is 2. The van der Waals surface area contributed by atoms with E-state index < -0.39 is 20.0 Å². The van der Waals surface area contributed by atoms with Crippen LogP contribution in [0, 0.1) is 5.92 Å². The highest BCUT2D eigenvalue weighted by atomic mass is 35.5. The zero-order valence-corrected chi connectivity index (χ0v) is 22.9. The summed E-state index contributed by atoms with van der Waals surface area (Å²) in [5.41, 5.74) is 6.06. The molecule has 12 nitrogen and oxygen atoms in total. The van der Waals surface area contributed by atoms with Crippen molar-refractivity contribution in [1.29, 1.82) is 0 Å². The van der Waals surface area contributed by atoms with Crippen molar-refractivity contribution in [2.45, 2.75) is 45.1 Å². The number of anilines is 2. The van der Waals surface area contributed by atoms with Gasteiger partial charge >= 0.3 is 14.5 Å². The van der Waals surface area contributed by atoms with Gasteiger partial charge in [-0.25, -0.2) is 10.1 Å². The number of rotatable bonds is 10. The van der Waals surface area contributed by atoms with Crippen LogP contribution in [0.4, 0.5) is 11.8 Å². The van der Waals surface area contributed by atoms with Gasteiger partial charge in [0.15, 0.2) is 17.0 Å². The lowest BCUT2D eigenvalue weighted by Gasteiger charge is -2.28. The van der Waals surface area contributed by atoms with Crippen molar-refractivity contribution in [2.75, 3.05) is 31.8 Å². The van der Waals surface area contributed by atoms with E-state index in [2.05, 4.69) is 32.3 Å². The monoisotopic (exact) mass is 551 g/mol. The summed E-state index contributed by atoms with van der Waals surface area (Å²) in [5, 5.41) is 6.71. The maximum atomic E-state index is 12.3. The number of nitrogen functional groups attached to an aromatic ring is 1. The Balaban J connectivity index is 1.47. The lowest BCUT2D eigenvalue weighted by Crippen LogP contribution is -2.45. The SMILES string of the molecule is CNc1nc(N)nc2c1ncn2C1OC(COP(NC(C)(C)C(=O)OC)Oc2ccc(Cl)cc2)CC1C. The first-order valence-electron chi connectivity index (χ1n) is 11.7. The third-order valence-corrected chi connectivity index (χ3v) is 7.60. The number of aromatic nitrogens is 4. The summed E-state index contributed by atoms with van der Waals surface area (Å²) < 4.78 is 25.3. The number of imidazole rings is 1. The minimum Gasteiger partial charge on any atom is -0.468 e. The van der Waals surface area contributed by atoms with Crippen molar-refractivity contribution in [3.8, 4) is 5.75 Å². The van der Waals surface area contributed by atoms with Gasteiger partial charge in [-0.05, 0) is 44.5 Å². The predicted octanol–water partition coefficient (Wildman–Crippen LogP) is 3.89. The molecule has 2 aromatic heterocycles. The average Bonchev–Trinajstić information content (AvgIpc) is 3.45. The van der Waals surface area contributed by atoms with Crippen LogP contribution in [0.1, 0.15) is 33.4 Å². The molecule has 0 radical (unpaired) electrons. The van der Waals surface area contributed by atoms with Crippen molar-refractivity contribution < 1.29 is 23.3 Å². The number of nitrogens with two attached hydrogens (primary N) is 1. The van der Waals surface area contributed by atoms with Crippen LogP contribution in [0.25, 0.3) is 11.2 Å². The van der Waals surface area contributed by atoms with Gasteiger partial charge in [-0.3, -0.25) is 9.36 Å². The summed E-state index contributed by atoms with van der Waals surface area (Å²) >= 11 is 5.99. The highest BCUT2D eigenvalue weighted by molar-refractivity contribution is 7.45. The zero-order valence-electron chi connectivity index (χ0n) is 21.3. The summed E-state index contributed by atoms with van der Waals surface area (Å²) in [7, 11) is 1.35. The number of hydrogen-bond donors (Lipinski definition) is 3. The molecule has 1 aliphatic rings. The number of hydrogen-bond acceptors (Lipinski definition) is 11. The molecule has 200 valence electrons. The van der Waals surface area contributed by atoms with Gasteiger partial charge in [0.1, 0.15) is 17.5 Å². The van der Waals surface area contributed by atoms with Crippen LogP contribution in [-0.2, 0) is 18.8 Å². The normalized spacial score (nSPS) is 20.6. The van der Waals surface area contributed by atoms with Gasteiger partial charge in [-0.15, -0.1) is 0 Å². The lowest BCUT2D eigenvalue weighted by molar-refractivity contribution is -0.146. The number of halogens is 1. The number of fused-ring (bicyclic) bond motifs is 1. The van der Waals surface area contributed by atoms with Crippen LogP contribution in [-0.4, -0.2) is 57.9 Å². The summed E-state index contributed by atoms with van der Waals surface area (Å²) in [4.78, 5) is 25.3. The van der Waals surface area contributed by atoms with Crippen LogP contribution in [0.3, 0.4) is 0 Å². The fraction of sp³-hybridized carbons (Fsp3) is 0.478. The number of carbonyl (C=O) groups excluding carboxylic acids is 1. The van der Waals surface area contributed by atoms with E-state index in [-0.39, 0.29) is 30.8 Å². The number of nitrogens with zero attached hydrogens (tertiary/aromatic N) is 4. The van der Waals surface area contributed by atoms with E-state index >= 15 is 0 Å². The molecule has 0 amide bonds. The molecule has 0 saturated carbocycles.